The highest BCUT2D eigenvalue weighted by Gasteiger charge is 2.12. The van der Waals surface area contributed by atoms with Crippen molar-refractivity contribution >= 4 is 11.7 Å². The van der Waals surface area contributed by atoms with Gasteiger partial charge in [0.25, 0.3) is 5.69 Å². The van der Waals surface area contributed by atoms with Gasteiger partial charge in [-0.15, -0.1) is 5.48 Å². The van der Waals surface area contributed by atoms with Crippen LogP contribution in [0.25, 0.3) is 0 Å². The van der Waals surface area contributed by atoms with E-state index in [-0.39, 0.29) is 17.9 Å². The lowest BCUT2D eigenvalue weighted by Crippen LogP contribution is -2.48. The second-order valence-electron chi connectivity index (χ2n) is 4.53. The zero-order valence-corrected chi connectivity index (χ0v) is 11.5. The molecule has 0 amide bonds. The van der Waals surface area contributed by atoms with E-state index in [1.165, 1.54) is 24.3 Å². The Hall–Kier alpha value is -2.93. The molecule has 0 aliphatic heterocycles. The molecule has 0 bridgehead atoms. The van der Waals surface area contributed by atoms with E-state index < -0.39 is 16.9 Å². The van der Waals surface area contributed by atoms with E-state index in [4.69, 9.17) is 4.84 Å². The summed E-state index contributed by atoms with van der Waals surface area (Å²) in [7, 11) is 0. The van der Waals surface area contributed by atoms with Gasteiger partial charge in [-0.3, -0.25) is 10.1 Å². The molecule has 7 nitrogen and oxygen atoms in total. The standard InChI is InChI=1S/C15H14N2O5/c18-15(19)14(10-11-4-2-1-3-5-11)16-22-13-8-6-12(7-9-13)17(20)21/h1-9,14,16H,10H2,(H,18,19)/p-1/t14-/m1/s1. The normalized spacial score (nSPS) is 11.6. The summed E-state index contributed by atoms with van der Waals surface area (Å²) in [5.41, 5.74) is 3.14. The van der Waals surface area contributed by atoms with E-state index >= 15 is 0 Å². The Morgan fingerprint density at radius 2 is 1.77 bits per heavy atom. The number of carbonyl (C=O) groups is 1. The van der Waals surface area contributed by atoms with Crippen LogP contribution in [0.3, 0.4) is 0 Å². The molecular weight excluding hydrogens is 288 g/mol. The van der Waals surface area contributed by atoms with Crippen LogP contribution in [0.2, 0.25) is 0 Å². The Morgan fingerprint density at radius 1 is 1.14 bits per heavy atom. The first-order chi connectivity index (χ1) is 10.6. The number of hydrogen-bond donors (Lipinski definition) is 1. The lowest BCUT2D eigenvalue weighted by molar-refractivity contribution is -0.384. The van der Waals surface area contributed by atoms with Gasteiger partial charge in [0.05, 0.1) is 16.9 Å². The van der Waals surface area contributed by atoms with Crippen molar-refractivity contribution in [1.82, 2.24) is 5.48 Å². The quantitative estimate of drug-likeness (QED) is 0.600. The average Bonchev–Trinajstić information content (AvgIpc) is 2.52. The number of aliphatic carboxylic acids is 1. The van der Waals surface area contributed by atoms with E-state index in [1.54, 1.807) is 24.3 Å². The number of non-ortho nitro benzene ring substituents is 1. The first kappa shape index (κ1) is 15.5. The number of benzene rings is 2. The first-order valence-electron chi connectivity index (χ1n) is 6.48. The highest BCUT2D eigenvalue weighted by Crippen LogP contribution is 2.16. The SMILES string of the molecule is O=C([O-])[C@@H](Cc1ccccc1)NOc1ccc([N+](=O)[O-])cc1. The highest BCUT2D eigenvalue weighted by atomic mass is 16.7. The van der Waals surface area contributed by atoms with E-state index in [1.807, 2.05) is 6.07 Å². The van der Waals surface area contributed by atoms with E-state index in [0.29, 0.717) is 0 Å². The molecule has 0 aliphatic carbocycles. The number of carbonyl (C=O) groups excluding carboxylic acids is 1. The largest absolute Gasteiger partial charge is 0.548 e. The van der Waals surface area contributed by atoms with Gasteiger partial charge < -0.3 is 14.7 Å². The fourth-order valence-corrected chi connectivity index (χ4v) is 1.80. The van der Waals surface area contributed by atoms with E-state index in [2.05, 4.69) is 5.48 Å². The summed E-state index contributed by atoms with van der Waals surface area (Å²) in [6, 6.07) is 13.3. The number of carboxylic acids is 1. The maximum Gasteiger partial charge on any atom is 0.269 e. The predicted octanol–water partition coefficient (Wildman–Crippen LogP) is 0.839. The molecule has 0 radical (unpaired) electrons. The smallest absolute Gasteiger partial charge is 0.269 e. The van der Waals surface area contributed by atoms with Crippen LogP contribution in [-0.4, -0.2) is 16.9 Å². The molecule has 114 valence electrons. The minimum atomic E-state index is -1.30. The number of hydroxylamine groups is 1. The van der Waals surface area contributed by atoms with Gasteiger partial charge in [-0.1, -0.05) is 30.3 Å². The molecule has 0 saturated heterocycles. The van der Waals surface area contributed by atoms with Gasteiger partial charge in [0, 0.05) is 12.1 Å². The van der Waals surface area contributed by atoms with Crippen molar-refractivity contribution in [2.24, 2.45) is 0 Å². The molecule has 7 heteroatoms. The highest BCUT2D eigenvalue weighted by molar-refractivity contribution is 5.71. The Labute approximate surface area is 126 Å². The zero-order chi connectivity index (χ0) is 15.9. The molecule has 2 aromatic rings. The topological polar surface area (TPSA) is 105 Å². The molecule has 0 unspecified atom stereocenters. The van der Waals surface area contributed by atoms with Crippen molar-refractivity contribution in [3.05, 3.63) is 70.3 Å². The van der Waals surface area contributed by atoms with Crippen LogP contribution in [0, 0.1) is 10.1 Å². The van der Waals surface area contributed by atoms with Gasteiger partial charge >= 0.3 is 0 Å². The Balaban J connectivity index is 1.97. The van der Waals surface area contributed by atoms with Gasteiger partial charge in [-0.2, -0.15) is 0 Å². The molecule has 0 aliphatic rings. The molecule has 1 N–H and O–H groups in total. The van der Waals surface area contributed by atoms with Gasteiger partial charge in [0.2, 0.25) is 0 Å². The number of hydrogen-bond acceptors (Lipinski definition) is 6. The summed E-state index contributed by atoms with van der Waals surface area (Å²) in [6.45, 7) is 0. The molecule has 0 spiro atoms. The van der Waals surface area contributed by atoms with E-state index in [0.717, 1.165) is 5.56 Å². The fraction of sp³-hybridized carbons (Fsp3) is 0.133. The van der Waals surface area contributed by atoms with Gasteiger partial charge in [-0.05, 0) is 24.1 Å². The Kier molecular flexibility index (Phi) is 5.05. The molecule has 2 rings (SSSR count). The number of carboxylic acid groups (broad SMARTS) is 1. The Bertz CT molecular complexity index is 643. The second-order valence-corrected chi connectivity index (χ2v) is 4.53. The molecule has 0 fully saturated rings. The number of nitro benzene ring substituents is 1. The van der Waals surface area contributed by atoms with Crippen LogP contribution < -0.4 is 15.4 Å². The van der Waals surface area contributed by atoms with Crippen LogP contribution in [0.1, 0.15) is 5.56 Å². The van der Waals surface area contributed by atoms with Crippen molar-refractivity contribution in [2.75, 3.05) is 0 Å². The second kappa shape index (κ2) is 7.19. The maximum absolute atomic E-state index is 11.1. The van der Waals surface area contributed by atoms with Crippen molar-refractivity contribution in [2.45, 2.75) is 12.5 Å². The van der Waals surface area contributed by atoms with Crippen molar-refractivity contribution in [1.29, 1.82) is 0 Å². The molecule has 0 heterocycles. The van der Waals surface area contributed by atoms with Crippen molar-refractivity contribution < 1.29 is 19.7 Å². The minimum absolute atomic E-state index is 0.0758. The van der Waals surface area contributed by atoms with Gasteiger partial charge in [0.15, 0.2) is 0 Å². The van der Waals surface area contributed by atoms with Crippen LogP contribution in [0.5, 0.6) is 5.75 Å². The summed E-state index contributed by atoms with van der Waals surface area (Å²) < 4.78 is 0. The fourth-order valence-electron chi connectivity index (χ4n) is 1.80. The van der Waals surface area contributed by atoms with Crippen LogP contribution in [-0.2, 0) is 11.2 Å². The third kappa shape index (κ3) is 4.29. The maximum atomic E-state index is 11.1. The summed E-state index contributed by atoms with van der Waals surface area (Å²) in [5, 5.41) is 21.7. The minimum Gasteiger partial charge on any atom is -0.548 e. The summed E-state index contributed by atoms with van der Waals surface area (Å²) >= 11 is 0. The molecule has 0 saturated carbocycles. The van der Waals surface area contributed by atoms with Crippen molar-refractivity contribution in [3.8, 4) is 5.75 Å². The Morgan fingerprint density at radius 3 is 2.32 bits per heavy atom. The lowest BCUT2D eigenvalue weighted by atomic mass is 10.1. The van der Waals surface area contributed by atoms with Gasteiger partial charge in [-0.25, -0.2) is 0 Å². The first-order valence-corrected chi connectivity index (χ1v) is 6.48. The van der Waals surface area contributed by atoms with Crippen molar-refractivity contribution in [3.63, 3.8) is 0 Å². The summed E-state index contributed by atoms with van der Waals surface area (Å²) in [4.78, 5) is 26.3. The number of nitrogens with zero attached hydrogens (tertiary/aromatic N) is 1. The third-order valence-corrected chi connectivity index (χ3v) is 2.93. The van der Waals surface area contributed by atoms with Crippen LogP contribution >= 0.6 is 0 Å². The molecule has 0 aromatic heterocycles. The lowest BCUT2D eigenvalue weighted by Gasteiger charge is -2.19. The van der Waals surface area contributed by atoms with E-state index in [9.17, 15) is 20.0 Å². The monoisotopic (exact) mass is 301 g/mol. The molecule has 22 heavy (non-hydrogen) atoms. The zero-order valence-electron chi connectivity index (χ0n) is 11.5. The molecule has 1 atom stereocenters. The third-order valence-electron chi connectivity index (χ3n) is 2.93. The molecular formula is C15H13N2O5-. The number of rotatable bonds is 7. The van der Waals surface area contributed by atoms with Crippen LogP contribution in [0.4, 0.5) is 5.69 Å². The number of nitrogens with one attached hydrogen (secondary N) is 1. The number of nitro groups is 1. The molecule has 2 aromatic carbocycles. The van der Waals surface area contributed by atoms with Crippen LogP contribution in [0.15, 0.2) is 54.6 Å². The predicted molar refractivity (Wildman–Crippen MR) is 75.8 cm³/mol. The average molecular weight is 301 g/mol. The van der Waals surface area contributed by atoms with Gasteiger partial charge in [0.1, 0.15) is 5.75 Å². The summed E-state index contributed by atoms with van der Waals surface area (Å²) in [5.74, 6) is -1.03. The summed E-state index contributed by atoms with van der Waals surface area (Å²) in [6.07, 6.45) is 0.191.